The van der Waals surface area contributed by atoms with E-state index in [1.165, 1.54) is 84.4 Å². The number of benzene rings is 2. The van der Waals surface area contributed by atoms with E-state index in [0.717, 1.165) is 26.1 Å². The van der Waals surface area contributed by atoms with Crippen LogP contribution in [0.5, 0.6) is 0 Å². The number of barbiturate groups is 1. The second-order valence-corrected chi connectivity index (χ2v) is 16.5. The Labute approximate surface area is 258 Å². The number of urea groups is 1. The van der Waals surface area contributed by atoms with Crippen molar-refractivity contribution in [2.45, 2.75) is 56.8 Å². The minimum absolute atomic E-state index is 0.0426. The average Bonchev–Trinajstić information content (AvgIpc) is 3.42. The fraction of sp³-hybridized carbons (Fsp3) is 0.417. The molecule has 218 valence electrons. The Bertz CT molecular complexity index is 1780. The first-order valence-corrected chi connectivity index (χ1v) is 17.3. The fourth-order valence-corrected chi connectivity index (χ4v) is 12.8. The maximum atomic E-state index is 13.2. The molecule has 5 fully saturated rings. The Balaban J connectivity index is 1.33. The summed E-state index contributed by atoms with van der Waals surface area (Å²) < 4.78 is 2.40. The van der Waals surface area contributed by atoms with Crippen molar-refractivity contribution in [3.05, 3.63) is 80.8 Å². The Kier molecular flexibility index (Phi) is 5.08. The topological polar surface area (TPSA) is 60.9 Å². The van der Waals surface area contributed by atoms with Crippen molar-refractivity contribution in [2.75, 3.05) is 19.0 Å². The number of carbonyl (C=O) groups excluding carboxylic acids is 3. The molecule has 1 aromatic heterocycles. The molecule has 4 aliphatic carbocycles. The van der Waals surface area contributed by atoms with Crippen LogP contribution < -0.4 is 4.90 Å². The van der Waals surface area contributed by atoms with Gasteiger partial charge in [0.15, 0.2) is 0 Å². The number of rotatable bonds is 1. The van der Waals surface area contributed by atoms with Crippen LogP contribution >= 0.6 is 0 Å². The molecular formula is C36H35N3O3Se. The van der Waals surface area contributed by atoms with Crippen molar-refractivity contribution in [3.63, 3.8) is 0 Å². The van der Waals surface area contributed by atoms with Crippen LogP contribution in [0.25, 0.3) is 6.08 Å². The number of anilines is 3. The van der Waals surface area contributed by atoms with Crippen LogP contribution in [-0.2, 0) is 20.4 Å². The molecule has 7 heteroatoms. The van der Waals surface area contributed by atoms with Gasteiger partial charge in [-0.05, 0) is 0 Å². The van der Waals surface area contributed by atoms with Gasteiger partial charge < -0.3 is 0 Å². The van der Waals surface area contributed by atoms with E-state index in [-0.39, 0.29) is 30.9 Å². The molecule has 4 saturated carbocycles. The van der Waals surface area contributed by atoms with E-state index in [9.17, 15) is 14.4 Å². The van der Waals surface area contributed by atoms with Gasteiger partial charge in [-0.1, -0.05) is 0 Å². The molecule has 2 aromatic carbocycles. The monoisotopic (exact) mass is 637 g/mol. The fourth-order valence-electron chi connectivity index (χ4n) is 10.3. The summed E-state index contributed by atoms with van der Waals surface area (Å²) in [5.74, 6) is 1.85. The Hall–Kier alpha value is -3.41. The van der Waals surface area contributed by atoms with Gasteiger partial charge >= 0.3 is 259 Å². The normalized spacial score (nSPS) is 31.0. The van der Waals surface area contributed by atoms with Gasteiger partial charge in [0.1, 0.15) is 0 Å². The number of para-hydroxylation sites is 2. The Morgan fingerprint density at radius 3 is 2.05 bits per heavy atom. The van der Waals surface area contributed by atoms with Gasteiger partial charge in [0.25, 0.3) is 0 Å². The van der Waals surface area contributed by atoms with Gasteiger partial charge in [-0.3, -0.25) is 0 Å². The summed E-state index contributed by atoms with van der Waals surface area (Å²) in [4.78, 5) is 43.6. The van der Waals surface area contributed by atoms with E-state index in [0.29, 0.717) is 11.8 Å². The Morgan fingerprint density at radius 1 is 0.767 bits per heavy atom. The predicted molar refractivity (Wildman–Crippen MR) is 167 cm³/mol. The summed E-state index contributed by atoms with van der Waals surface area (Å²) in [6, 6.07) is 17.7. The molecule has 10 rings (SSSR count). The molecule has 0 atom stereocenters. The number of fused-ring (bicyclic) bond motifs is 4. The molecule has 0 radical (unpaired) electrons. The molecule has 4 bridgehead atoms. The molecule has 7 aliphatic rings. The van der Waals surface area contributed by atoms with Gasteiger partial charge in [-0.15, -0.1) is 0 Å². The zero-order valence-corrected chi connectivity index (χ0v) is 26.7. The van der Waals surface area contributed by atoms with Crippen molar-refractivity contribution in [1.29, 1.82) is 0 Å². The third-order valence-corrected chi connectivity index (χ3v) is 14.2. The number of carbonyl (C=O) groups is 3. The van der Waals surface area contributed by atoms with E-state index < -0.39 is 17.8 Å². The van der Waals surface area contributed by atoms with Gasteiger partial charge in [-0.2, -0.15) is 0 Å². The van der Waals surface area contributed by atoms with Crippen LogP contribution in [0.3, 0.4) is 0 Å². The number of hydrogen-bond acceptors (Lipinski definition) is 4. The molecule has 0 unspecified atom stereocenters. The van der Waals surface area contributed by atoms with Crippen molar-refractivity contribution >= 4 is 54.4 Å². The third-order valence-electron chi connectivity index (χ3n) is 11.9. The second kappa shape index (κ2) is 8.40. The number of hydrogen-bond donors (Lipinski definition) is 0. The first-order valence-electron chi connectivity index (χ1n) is 15.6. The summed E-state index contributed by atoms with van der Waals surface area (Å²) >= 11 is -0.122. The first kappa shape index (κ1) is 26.0. The van der Waals surface area contributed by atoms with Crippen LogP contribution in [0.15, 0.2) is 54.1 Å². The summed E-state index contributed by atoms with van der Waals surface area (Å²) in [6.07, 6.45) is 8.37. The van der Waals surface area contributed by atoms with Crippen LogP contribution in [0.1, 0.15) is 72.6 Å². The maximum absolute atomic E-state index is 13.2. The van der Waals surface area contributed by atoms with Crippen LogP contribution in [0.4, 0.5) is 20.7 Å². The molecule has 0 N–H and O–H groups in total. The molecule has 1 spiro atoms. The molecular weight excluding hydrogens is 601 g/mol. The van der Waals surface area contributed by atoms with Crippen molar-refractivity contribution in [3.8, 4) is 0 Å². The van der Waals surface area contributed by atoms with Crippen molar-refractivity contribution < 1.29 is 14.4 Å². The van der Waals surface area contributed by atoms with Gasteiger partial charge in [0, 0.05) is 0 Å². The van der Waals surface area contributed by atoms with E-state index in [1.54, 1.807) is 6.08 Å². The Morgan fingerprint density at radius 2 is 1.37 bits per heavy atom. The summed E-state index contributed by atoms with van der Waals surface area (Å²) in [6.45, 7) is 4.74. The molecule has 1 saturated heterocycles. The summed E-state index contributed by atoms with van der Waals surface area (Å²) in [5, 5.41) is 0. The van der Waals surface area contributed by atoms with Gasteiger partial charge in [0.05, 0.1) is 0 Å². The minimum atomic E-state index is -0.585. The van der Waals surface area contributed by atoms with E-state index >= 15 is 0 Å². The first-order chi connectivity index (χ1) is 20.6. The number of likely N-dealkylation sites (N-methyl/N-ethyl adjacent to an activating group) is 2. The quantitative estimate of drug-likeness (QED) is 0.178. The second-order valence-electron chi connectivity index (χ2n) is 14.3. The van der Waals surface area contributed by atoms with Crippen LogP contribution in [0, 0.1) is 23.7 Å². The van der Waals surface area contributed by atoms with Gasteiger partial charge in [0.2, 0.25) is 0 Å². The van der Waals surface area contributed by atoms with E-state index in [4.69, 9.17) is 0 Å². The predicted octanol–water partition coefficient (Wildman–Crippen LogP) is 6.34. The summed E-state index contributed by atoms with van der Waals surface area (Å²) in [5.41, 5.74) is 8.19. The van der Waals surface area contributed by atoms with Gasteiger partial charge in [-0.25, -0.2) is 0 Å². The molecule has 43 heavy (non-hydrogen) atoms. The molecule has 3 aliphatic heterocycles. The van der Waals surface area contributed by atoms with E-state index in [1.807, 2.05) is 0 Å². The van der Waals surface area contributed by atoms with Crippen molar-refractivity contribution in [1.82, 2.24) is 9.80 Å². The summed E-state index contributed by atoms with van der Waals surface area (Å²) in [7, 11) is 2.90. The van der Waals surface area contributed by atoms with Crippen LogP contribution in [0.2, 0.25) is 0 Å². The number of nitrogens with zero attached hydrogens (tertiary/aromatic N) is 3. The van der Waals surface area contributed by atoms with E-state index in [2.05, 4.69) is 67.3 Å². The number of amides is 4. The molecule has 4 amide bonds. The average molecular weight is 637 g/mol. The van der Waals surface area contributed by atoms with Crippen molar-refractivity contribution in [2.24, 2.45) is 23.7 Å². The van der Waals surface area contributed by atoms with Crippen LogP contribution in [-0.4, -0.2) is 56.2 Å². The molecule has 6 nitrogen and oxygen atoms in total. The molecule has 3 aromatic rings. The SMILES string of the molecule is CN1C(=O)C(=Cc2cc3c([se]2)N2c4ccccc4C(C)(C)c4cccc(c42)C32C3CC4CC(C3)CC2C4)C(=O)N(C)C1=O. The zero-order chi connectivity index (χ0) is 29.6. The number of imide groups is 2. The third kappa shape index (κ3) is 3.08. The molecule has 4 heterocycles. The standard InChI is InChI=1S/C36H35N3O3Se/c1-35(2)25-8-5-6-11-29(25)39-30-26(35)9-7-10-27(30)36(21-13-19-12-20(15-21)16-22(36)14-19)28-18-23(43-33(28)39)17-24-31(40)37(3)34(42)38(4)32(24)41/h5-11,17-22H,12-16H2,1-4H3. The zero-order valence-electron chi connectivity index (χ0n) is 25.0.